The average Bonchev–Trinajstić information content (AvgIpc) is 2.62. The fraction of sp³-hybridized carbons (Fsp3) is 0.214. The maximum atomic E-state index is 11.6. The summed E-state index contributed by atoms with van der Waals surface area (Å²) in [7, 11) is 1.64. The molecule has 0 saturated carbocycles. The minimum atomic E-state index is 0.202. The molecule has 0 N–H and O–H groups in total. The van der Waals surface area contributed by atoms with Gasteiger partial charge in [0.25, 0.3) is 0 Å². The van der Waals surface area contributed by atoms with Crippen molar-refractivity contribution in [3.63, 3.8) is 0 Å². The second kappa shape index (κ2) is 4.35. The van der Waals surface area contributed by atoms with Gasteiger partial charge >= 0.3 is 0 Å². The highest BCUT2D eigenvalue weighted by Crippen LogP contribution is 2.24. The van der Waals surface area contributed by atoms with Crippen LogP contribution in [-0.2, 0) is 4.79 Å². The lowest BCUT2D eigenvalue weighted by atomic mass is 10.1. The lowest BCUT2D eigenvalue weighted by Crippen LogP contribution is -1.94. The van der Waals surface area contributed by atoms with Gasteiger partial charge in [-0.1, -0.05) is 18.2 Å². The van der Waals surface area contributed by atoms with E-state index in [4.69, 9.17) is 4.74 Å². The standard InChI is InChI=1S/C14H14O2/c1-10-3-8-14(15)13(10)9-11-4-6-12(16-2)7-5-11/h3-7,9H,8H2,1-2H3. The van der Waals surface area contributed by atoms with Gasteiger partial charge in [-0.05, 0) is 36.3 Å². The number of methoxy groups -OCH3 is 1. The number of ketones is 1. The maximum Gasteiger partial charge on any atom is 0.166 e. The number of benzene rings is 1. The quantitative estimate of drug-likeness (QED) is 0.707. The Morgan fingerprint density at radius 1 is 1.25 bits per heavy atom. The van der Waals surface area contributed by atoms with E-state index in [-0.39, 0.29) is 5.78 Å². The first-order chi connectivity index (χ1) is 7.70. The number of allylic oxidation sites excluding steroid dienone is 3. The average molecular weight is 214 g/mol. The Morgan fingerprint density at radius 3 is 2.44 bits per heavy atom. The molecule has 2 rings (SSSR count). The summed E-state index contributed by atoms with van der Waals surface area (Å²) in [6, 6.07) is 7.69. The maximum absolute atomic E-state index is 11.6. The van der Waals surface area contributed by atoms with Gasteiger partial charge in [-0.15, -0.1) is 0 Å². The molecule has 0 atom stereocenters. The highest BCUT2D eigenvalue weighted by Gasteiger charge is 2.16. The number of hydrogen-bond acceptors (Lipinski definition) is 2. The Labute approximate surface area is 95.2 Å². The fourth-order valence-corrected chi connectivity index (χ4v) is 1.75. The van der Waals surface area contributed by atoms with Crippen LogP contribution < -0.4 is 4.74 Å². The molecule has 0 bridgehead atoms. The lowest BCUT2D eigenvalue weighted by molar-refractivity contribution is -0.114. The number of ether oxygens (including phenoxy) is 1. The summed E-state index contributed by atoms with van der Waals surface area (Å²) in [5.41, 5.74) is 2.92. The second-order valence-corrected chi connectivity index (χ2v) is 3.85. The molecule has 0 heterocycles. The van der Waals surface area contributed by atoms with E-state index in [1.807, 2.05) is 43.3 Å². The molecular weight excluding hydrogens is 200 g/mol. The topological polar surface area (TPSA) is 26.3 Å². The molecule has 16 heavy (non-hydrogen) atoms. The SMILES string of the molecule is COc1ccc(C=C2C(=O)CC=C2C)cc1. The van der Waals surface area contributed by atoms with Crippen molar-refractivity contribution in [1.29, 1.82) is 0 Å². The van der Waals surface area contributed by atoms with Gasteiger partial charge in [0, 0.05) is 12.0 Å². The van der Waals surface area contributed by atoms with Crippen LogP contribution in [0.4, 0.5) is 0 Å². The largest absolute Gasteiger partial charge is 0.497 e. The smallest absolute Gasteiger partial charge is 0.166 e. The molecule has 1 aliphatic carbocycles. The minimum Gasteiger partial charge on any atom is -0.497 e. The normalized spacial score (nSPS) is 17.8. The van der Waals surface area contributed by atoms with E-state index in [1.165, 1.54) is 0 Å². The molecule has 82 valence electrons. The van der Waals surface area contributed by atoms with Crippen molar-refractivity contribution >= 4 is 11.9 Å². The summed E-state index contributed by atoms with van der Waals surface area (Å²) < 4.78 is 5.08. The second-order valence-electron chi connectivity index (χ2n) is 3.85. The highest BCUT2D eigenvalue weighted by atomic mass is 16.5. The van der Waals surface area contributed by atoms with Crippen molar-refractivity contribution in [3.8, 4) is 5.75 Å². The van der Waals surface area contributed by atoms with Crippen molar-refractivity contribution in [2.45, 2.75) is 13.3 Å². The van der Waals surface area contributed by atoms with E-state index in [0.717, 1.165) is 22.5 Å². The van der Waals surface area contributed by atoms with E-state index >= 15 is 0 Å². The van der Waals surface area contributed by atoms with Gasteiger partial charge < -0.3 is 4.74 Å². The Hall–Kier alpha value is -1.83. The van der Waals surface area contributed by atoms with Gasteiger partial charge in [-0.2, -0.15) is 0 Å². The van der Waals surface area contributed by atoms with Crippen LogP contribution in [-0.4, -0.2) is 12.9 Å². The first-order valence-electron chi connectivity index (χ1n) is 5.27. The van der Waals surface area contributed by atoms with Crippen molar-refractivity contribution in [2.24, 2.45) is 0 Å². The minimum absolute atomic E-state index is 0.202. The van der Waals surface area contributed by atoms with E-state index in [2.05, 4.69) is 0 Å². The zero-order valence-corrected chi connectivity index (χ0v) is 9.49. The Morgan fingerprint density at radius 2 is 1.94 bits per heavy atom. The van der Waals surface area contributed by atoms with Crippen molar-refractivity contribution < 1.29 is 9.53 Å². The highest BCUT2D eigenvalue weighted by molar-refractivity contribution is 6.07. The number of carbonyl (C=O) groups excluding carboxylic acids is 1. The number of rotatable bonds is 2. The molecule has 0 aromatic heterocycles. The van der Waals surface area contributed by atoms with Crippen LogP contribution in [0, 0.1) is 0 Å². The van der Waals surface area contributed by atoms with Crippen LogP contribution in [0.5, 0.6) is 5.75 Å². The van der Waals surface area contributed by atoms with Gasteiger partial charge in [0.2, 0.25) is 0 Å². The number of hydrogen-bond donors (Lipinski definition) is 0. The summed E-state index contributed by atoms with van der Waals surface area (Å²) in [4.78, 5) is 11.6. The molecule has 0 aliphatic heterocycles. The van der Waals surface area contributed by atoms with Gasteiger partial charge in [0.15, 0.2) is 5.78 Å². The van der Waals surface area contributed by atoms with Gasteiger partial charge in [-0.3, -0.25) is 4.79 Å². The fourth-order valence-electron chi connectivity index (χ4n) is 1.75. The first kappa shape index (κ1) is 10.7. The zero-order chi connectivity index (χ0) is 11.5. The number of Topliss-reactive ketones (excluding diaryl/α,β-unsaturated/α-hetero) is 1. The molecule has 0 unspecified atom stereocenters. The third-order valence-corrected chi connectivity index (χ3v) is 2.75. The van der Waals surface area contributed by atoms with Crippen LogP contribution in [0.25, 0.3) is 6.08 Å². The molecular formula is C14H14O2. The van der Waals surface area contributed by atoms with E-state index in [0.29, 0.717) is 6.42 Å². The van der Waals surface area contributed by atoms with Gasteiger partial charge in [0.1, 0.15) is 5.75 Å². The monoisotopic (exact) mass is 214 g/mol. The van der Waals surface area contributed by atoms with Crippen LogP contribution in [0.15, 0.2) is 41.5 Å². The number of carbonyl (C=O) groups is 1. The van der Waals surface area contributed by atoms with E-state index in [1.54, 1.807) is 7.11 Å². The molecule has 1 aromatic carbocycles. The molecule has 0 fully saturated rings. The molecule has 2 heteroatoms. The van der Waals surface area contributed by atoms with Crippen molar-refractivity contribution in [2.75, 3.05) is 7.11 Å². The summed E-state index contributed by atoms with van der Waals surface area (Å²) in [5.74, 6) is 1.03. The van der Waals surface area contributed by atoms with Gasteiger partial charge in [0.05, 0.1) is 7.11 Å². The summed E-state index contributed by atoms with van der Waals surface area (Å²) in [6.07, 6.45) is 4.44. The predicted molar refractivity (Wildman–Crippen MR) is 64.4 cm³/mol. The van der Waals surface area contributed by atoms with Crippen molar-refractivity contribution in [1.82, 2.24) is 0 Å². The molecule has 0 radical (unpaired) electrons. The third kappa shape index (κ3) is 2.06. The zero-order valence-electron chi connectivity index (χ0n) is 9.49. The Bertz CT molecular complexity index is 464. The van der Waals surface area contributed by atoms with E-state index in [9.17, 15) is 4.79 Å². The van der Waals surface area contributed by atoms with Gasteiger partial charge in [-0.25, -0.2) is 0 Å². The predicted octanol–water partition coefficient (Wildman–Crippen LogP) is 3.00. The molecule has 0 amide bonds. The van der Waals surface area contributed by atoms with E-state index < -0.39 is 0 Å². The van der Waals surface area contributed by atoms with Crippen molar-refractivity contribution in [3.05, 3.63) is 47.1 Å². The summed E-state index contributed by atoms with van der Waals surface area (Å²) in [5, 5.41) is 0. The molecule has 0 spiro atoms. The lowest BCUT2D eigenvalue weighted by Gasteiger charge is -2.01. The molecule has 0 saturated heterocycles. The van der Waals surface area contributed by atoms with Crippen LogP contribution >= 0.6 is 0 Å². The van der Waals surface area contributed by atoms with Crippen LogP contribution in [0.3, 0.4) is 0 Å². The molecule has 1 aromatic rings. The summed E-state index contributed by atoms with van der Waals surface area (Å²) in [6.45, 7) is 1.97. The van der Waals surface area contributed by atoms with Crippen LogP contribution in [0.2, 0.25) is 0 Å². The third-order valence-electron chi connectivity index (χ3n) is 2.75. The Balaban J connectivity index is 2.28. The Kier molecular flexibility index (Phi) is 2.91. The van der Waals surface area contributed by atoms with Crippen LogP contribution in [0.1, 0.15) is 18.9 Å². The molecule has 1 aliphatic rings. The molecule has 2 nitrogen and oxygen atoms in total. The summed E-state index contributed by atoms with van der Waals surface area (Å²) >= 11 is 0. The first-order valence-corrected chi connectivity index (χ1v) is 5.27.